The van der Waals surface area contributed by atoms with E-state index in [4.69, 9.17) is 4.74 Å². The standard InChI is InChI=1S/C25H29N5O3S/c1-16-7-5-8-18(13-16)24(32)30-12-6-9-20(30)23-27-28-25(29(23)3)34-15-22(31)26-19-14-17(2)10-11-21(19)33-4/h5,7-8,10-11,13-14,20H,6,9,12,15H2,1-4H3,(H,26,31). The Morgan fingerprint density at radius 3 is 2.71 bits per heavy atom. The molecule has 9 heteroatoms. The lowest BCUT2D eigenvalue weighted by molar-refractivity contribution is -0.113. The van der Waals surface area contributed by atoms with E-state index in [1.807, 2.05) is 72.8 Å². The van der Waals surface area contributed by atoms with Crippen molar-refractivity contribution in [3.63, 3.8) is 0 Å². The summed E-state index contributed by atoms with van der Waals surface area (Å²) >= 11 is 1.31. The topological polar surface area (TPSA) is 89.3 Å². The summed E-state index contributed by atoms with van der Waals surface area (Å²) in [6.07, 6.45) is 1.75. The van der Waals surface area contributed by atoms with E-state index in [2.05, 4.69) is 15.5 Å². The van der Waals surface area contributed by atoms with Crippen LogP contribution in [0.25, 0.3) is 0 Å². The summed E-state index contributed by atoms with van der Waals surface area (Å²) in [5.74, 6) is 1.39. The average molecular weight is 480 g/mol. The van der Waals surface area contributed by atoms with Gasteiger partial charge >= 0.3 is 0 Å². The third-order valence-electron chi connectivity index (χ3n) is 5.91. The third-order valence-corrected chi connectivity index (χ3v) is 6.93. The molecule has 2 heterocycles. The predicted molar refractivity (Wildman–Crippen MR) is 132 cm³/mol. The zero-order valence-electron chi connectivity index (χ0n) is 19.9. The quantitative estimate of drug-likeness (QED) is 0.512. The van der Waals surface area contributed by atoms with Gasteiger partial charge in [0.25, 0.3) is 5.91 Å². The molecule has 4 rings (SSSR count). The first-order chi connectivity index (χ1) is 16.4. The molecule has 0 saturated carbocycles. The summed E-state index contributed by atoms with van der Waals surface area (Å²) < 4.78 is 7.22. The summed E-state index contributed by atoms with van der Waals surface area (Å²) in [6, 6.07) is 13.2. The van der Waals surface area contributed by atoms with Gasteiger partial charge in [0.2, 0.25) is 5.91 Å². The smallest absolute Gasteiger partial charge is 0.254 e. The maximum atomic E-state index is 13.2. The van der Waals surface area contributed by atoms with Crippen LogP contribution in [0, 0.1) is 13.8 Å². The number of carbonyl (C=O) groups is 2. The number of ether oxygens (including phenoxy) is 1. The van der Waals surface area contributed by atoms with Gasteiger partial charge in [-0.05, 0) is 56.5 Å². The molecule has 2 aromatic carbocycles. The molecule has 2 amide bonds. The summed E-state index contributed by atoms with van der Waals surface area (Å²) in [6.45, 7) is 4.63. The van der Waals surface area contributed by atoms with E-state index in [9.17, 15) is 9.59 Å². The van der Waals surface area contributed by atoms with Gasteiger partial charge in [0.15, 0.2) is 11.0 Å². The van der Waals surface area contributed by atoms with Crippen molar-refractivity contribution in [2.24, 2.45) is 7.05 Å². The van der Waals surface area contributed by atoms with Crippen molar-refractivity contribution < 1.29 is 14.3 Å². The molecule has 1 aromatic heterocycles. The number of amides is 2. The fourth-order valence-electron chi connectivity index (χ4n) is 4.20. The van der Waals surface area contributed by atoms with E-state index in [1.165, 1.54) is 11.8 Å². The number of hydrogen-bond donors (Lipinski definition) is 1. The Hall–Kier alpha value is -3.33. The van der Waals surface area contributed by atoms with Gasteiger partial charge < -0.3 is 19.5 Å². The third kappa shape index (κ3) is 5.09. The van der Waals surface area contributed by atoms with Crippen LogP contribution in [0.4, 0.5) is 5.69 Å². The van der Waals surface area contributed by atoms with Crippen molar-refractivity contribution in [1.82, 2.24) is 19.7 Å². The van der Waals surface area contributed by atoms with Gasteiger partial charge in [-0.25, -0.2) is 0 Å². The SMILES string of the molecule is COc1ccc(C)cc1NC(=O)CSc1nnc(C2CCCN2C(=O)c2cccc(C)c2)n1C. The Morgan fingerprint density at radius 1 is 1.15 bits per heavy atom. The van der Waals surface area contributed by atoms with E-state index in [1.54, 1.807) is 7.11 Å². The second kappa shape index (κ2) is 10.3. The number of methoxy groups -OCH3 is 1. The number of anilines is 1. The molecule has 0 aliphatic carbocycles. The lowest BCUT2D eigenvalue weighted by atomic mass is 10.1. The Balaban J connectivity index is 1.43. The second-order valence-electron chi connectivity index (χ2n) is 8.47. The minimum absolute atomic E-state index is 0.00915. The van der Waals surface area contributed by atoms with E-state index in [0.717, 1.165) is 29.8 Å². The van der Waals surface area contributed by atoms with Crippen LogP contribution >= 0.6 is 11.8 Å². The molecule has 178 valence electrons. The van der Waals surface area contributed by atoms with Gasteiger partial charge in [0.05, 0.1) is 24.6 Å². The molecule has 1 saturated heterocycles. The second-order valence-corrected chi connectivity index (χ2v) is 9.41. The fraction of sp³-hybridized carbons (Fsp3) is 0.360. The number of rotatable bonds is 7. The van der Waals surface area contributed by atoms with Crippen LogP contribution in [-0.2, 0) is 11.8 Å². The monoisotopic (exact) mass is 479 g/mol. The lowest BCUT2D eigenvalue weighted by Gasteiger charge is -2.24. The number of hydrogen-bond acceptors (Lipinski definition) is 6. The minimum atomic E-state index is -0.157. The maximum absolute atomic E-state index is 13.2. The van der Waals surface area contributed by atoms with Crippen LogP contribution in [0.3, 0.4) is 0 Å². The highest BCUT2D eigenvalue weighted by molar-refractivity contribution is 7.99. The normalized spacial score (nSPS) is 15.4. The number of nitrogens with one attached hydrogen (secondary N) is 1. The number of thioether (sulfide) groups is 1. The molecule has 34 heavy (non-hydrogen) atoms. The average Bonchev–Trinajstić information content (AvgIpc) is 3.44. The van der Waals surface area contributed by atoms with Crippen LogP contribution in [0.2, 0.25) is 0 Å². The van der Waals surface area contributed by atoms with E-state index < -0.39 is 0 Å². The first-order valence-corrected chi connectivity index (χ1v) is 12.2. The van der Waals surface area contributed by atoms with Gasteiger partial charge in [-0.1, -0.05) is 35.5 Å². The Kier molecular flexibility index (Phi) is 7.21. The molecule has 0 bridgehead atoms. The summed E-state index contributed by atoms with van der Waals surface area (Å²) in [4.78, 5) is 27.6. The molecule has 1 aliphatic rings. The van der Waals surface area contributed by atoms with Crippen molar-refractivity contribution in [3.05, 3.63) is 65.0 Å². The van der Waals surface area contributed by atoms with Gasteiger partial charge in [-0.2, -0.15) is 0 Å². The largest absolute Gasteiger partial charge is 0.495 e. The van der Waals surface area contributed by atoms with E-state index in [-0.39, 0.29) is 23.6 Å². The molecule has 1 N–H and O–H groups in total. The number of aromatic nitrogens is 3. The van der Waals surface area contributed by atoms with Crippen LogP contribution in [0.5, 0.6) is 5.75 Å². The summed E-state index contributed by atoms with van der Waals surface area (Å²) in [5, 5.41) is 12.2. The Morgan fingerprint density at radius 2 is 1.94 bits per heavy atom. The molecule has 8 nitrogen and oxygen atoms in total. The number of aryl methyl sites for hydroxylation is 2. The highest BCUT2D eigenvalue weighted by Crippen LogP contribution is 2.33. The number of carbonyl (C=O) groups excluding carboxylic acids is 2. The lowest BCUT2D eigenvalue weighted by Crippen LogP contribution is -2.32. The van der Waals surface area contributed by atoms with Crippen molar-refractivity contribution in [2.45, 2.75) is 37.9 Å². The number of benzene rings is 2. The van der Waals surface area contributed by atoms with Crippen LogP contribution < -0.4 is 10.1 Å². The van der Waals surface area contributed by atoms with Gasteiger partial charge in [-0.15, -0.1) is 10.2 Å². The van der Waals surface area contributed by atoms with E-state index >= 15 is 0 Å². The minimum Gasteiger partial charge on any atom is -0.495 e. The molecule has 1 atom stereocenters. The first-order valence-electron chi connectivity index (χ1n) is 11.2. The summed E-state index contributed by atoms with van der Waals surface area (Å²) in [7, 11) is 3.46. The molecule has 1 unspecified atom stereocenters. The van der Waals surface area contributed by atoms with Crippen molar-refractivity contribution >= 4 is 29.3 Å². The highest BCUT2D eigenvalue weighted by Gasteiger charge is 2.34. The summed E-state index contributed by atoms with van der Waals surface area (Å²) in [5.41, 5.74) is 3.42. The van der Waals surface area contributed by atoms with Crippen LogP contribution in [0.15, 0.2) is 47.6 Å². The van der Waals surface area contributed by atoms with Gasteiger partial charge in [0, 0.05) is 19.2 Å². The number of likely N-dealkylation sites (tertiary alicyclic amines) is 1. The van der Waals surface area contributed by atoms with Crippen LogP contribution in [-0.4, -0.2) is 50.9 Å². The molecule has 0 radical (unpaired) electrons. The first kappa shape index (κ1) is 23.8. The van der Waals surface area contributed by atoms with Crippen molar-refractivity contribution in [3.8, 4) is 5.75 Å². The predicted octanol–water partition coefficient (Wildman–Crippen LogP) is 4.15. The molecular weight excluding hydrogens is 450 g/mol. The van der Waals surface area contributed by atoms with Crippen molar-refractivity contribution in [2.75, 3.05) is 24.7 Å². The fourth-order valence-corrected chi connectivity index (χ4v) is 4.92. The molecular formula is C25H29N5O3S. The van der Waals surface area contributed by atoms with Gasteiger partial charge in [0.1, 0.15) is 5.75 Å². The maximum Gasteiger partial charge on any atom is 0.254 e. The molecule has 1 fully saturated rings. The molecule has 0 spiro atoms. The van der Waals surface area contributed by atoms with E-state index in [0.29, 0.717) is 28.7 Å². The zero-order chi connectivity index (χ0) is 24.2. The zero-order valence-corrected chi connectivity index (χ0v) is 20.7. The Labute approximate surface area is 203 Å². The number of nitrogens with zero attached hydrogens (tertiary/aromatic N) is 4. The molecule has 3 aromatic rings. The van der Waals surface area contributed by atoms with Crippen molar-refractivity contribution in [1.29, 1.82) is 0 Å². The Bertz CT molecular complexity index is 1210. The van der Waals surface area contributed by atoms with Crippen LogP contribution in [0.1, 0.15) is 46.2 Å². The van der Waals surface area contributed by atoms with Gasteiger partial charge in [-0.3, -0.25) is 9.59 Å². The highest BCUT2D eigenvalue weighted by atomic mass is 32.2. The molecule has 1 aliphatic heterocycles.